The Morgan fingerprint density at radius 3 is 1.74 bits per heavy atom. The number of hydrogen-bond donors (Lipinski definition) is 3. The average Bonchev–Trinajstić information content (AvgIpc) is 2.24. The van der Waals surface area contributed by atoms with Crippen LogP contribution in [0.3, 0.4) is 0 Å². The minimum absolute atomic E-state index is 0.734. The van der Waals surface area contributed by atoms with Crippen LogP contribution in [0, 0.1) is 0 Å². The van der Waals surface area contributed by atoms with Gasteiger partial charge in [0.15, 0.2) is 0 Å². The molecule has 0 saturated carbocycles. The smallest absolute Gasteiger partial charge is 0.118 e. The highest BCUT2D eigenvalue weighted by Gasteiger charge is 2.37. The molecule has 0 amide bonds. The molecule has 19 heavy (non-hydrogen) atoms. The van der Waals surface area contributed by atoms with Crippen LogP contribution in [0.4, 0.5) is 5.69 Å². The summed E-state index contributed by atoms with van der Waals surface area (Å²) in [6, 6.07) is 7.33. The van der Waals surface area contributed by atoms with Crippen LogP contribution in [0.25, 0.3) is 0 Å². The molecule has 1 rings (SSSR count). The normalized spacial score (nSPS) is 13.5. The number of aliphatic hydroxyl groups is 2. The maximum Gasteiger partial charge on any atom is 0.118 e. The number of hydrogen-bond acceptors (Lipinski definition) is 4. The lowest BCUT2D eigenvalue weighted by atomic mass is 9.90. The Hall–Kier alpha value is -1.10. The van der Waals surface area contributed by atoms with Crippen LogP contribution in [-0.4, -0.2) is 21.4 Å². The Labute approximate surface area is 115 Å². The van der Waals surface area contributed by atoms with Crippen LogP contribution >= 0.6 is 0 Å². The summed E-state index contributed by atoms with van der Waals surface area (Å²) in [6.07, 6.45) is 0. The van der Waals surface area contributed by atoms with Crippen molar-refractivity contribution < 1.29 is 15.1 Å². The van der Waals surface area contributed by atoms with Gasteiger partial charge in [-0.15, -0.1) is 0 Å². The summed E-state index contributed by atoms with van der Waals surface area (Å²) in [7, 11) is 0. The summed E-state index contributed by atoms with van der Waals surface area (Å²) in [5.41, 5.74) is 1.88. The molecule has 0 bridgehead atoms. The van der Waals surface area contributed by atoms with E-state index in [1.165, 1.54) is 0 Å². The van der Waals surface area contributed by atoms with Gasteiger partial charge in [-0.05, 0) is 59.2 Å². The average molecular weight is 267 g/mol. The third-order valence-corrected chi connectivity index (χ3v) is 3.49. The minimum atomic E-state index is -0.965. The molecule has 0 radical (unpaired) electrons. The zero-order chi connectivity index (χ0) is 14.9. The summed E-state index contributed by atoms with van der Waals surface area (Å²) in [4.78, 5) is 5.54. The topological polar surface area (TPSA) is 61.7 Å². The first-order chi connectivity index (χ1) is 8.43. The Morgan fingerprint density at radius 1 is 0.895 bits per heavy atom. The molecule has 0 aliphatic carbocycles. The van der Waals surface area contributed by atoms with Gasteiger partial charge in [0, 0.05) is 0 Å². The van der Waals surface area contributed by atoms with Crippen LogP contribution in [0.2, 0.25) is 0 Å². The van der Waals surface area contributed by atoms with Gasteiger partial charge in [-0.3, -0.25) is 10.3 Å². The SMILES string of the molecule is CC(C)(O)c1ccc(NOC(C)(C)C(C)(C)O)cc1. The molecule has 108 valence electrons. The first kappa shape index (κ1) is 16.0. The zero-order valence-corrected chi connectivity index (χ0v) is 12.6. The minimum Gasteiger partial charge on any atom is -0.387 e. The molecule has 0 aliphatic rings. The van der Waals surface area contributed by atoms with Crippen molar-refractivity contribution in [1.29, 1.82) is 0 Å². The van der Waals surface area contributed by atoms with Crippen molar-refractivity contribution in [2.45, 2.75) is 58.3 Å². The van der Waals surface area contributed by atoms with Crippen molar-refractivity contribution in [2.75, 3.05) is 5.48 Å². The van der Waals surface area contributed by atoms with E-state index in [0.29, 0.717) is 0 Å². The summed E-state index contributed by atoms with van der Waals surface area (Å²) in [6.45, 7) is 10.5. The molecule has 4 heteroatoms. The number of anilines is 1. The largest absolute Gasteiger partial charge is 0.387 e. The van der Waals surface area contributed by atoms with E-state index in [1.54, 1.807) is 27.7 Å². The van der Waals surface area contributed by atoms with E-state index in [0.717, 1.165) is 11.3 Å². The number of rotatable bonds is 5. The van der Waals surface area contributed by atoms with Crippen LogP contribution in [0.15, 0.2) is 24.3 Å². The second-order valence-electron chi connectivity index (χ2n) is 6.41. The summed E-state index contributed by atoms with van der Waals surface area (Å²) < 4.78 is 0. The molecule has 3 N–H and O–H groups in total. The molecule has 0 aliphatic heterocycles. The van der Waals surface area contributed by atoms with Gasteiger partial charge in [0.2, 0.25) is 0 Å². The molecular formula is C15H25NO3. The third kappa shape index (κ3) is 4.20. The Kier molecular flexibility index (Phi) is 4.30. The van der Waals surface area contributed by atoms with Gasteiger partial charge in [0.1, 0.15) is 5.60 Å². The summed E-state index contributed by atoms with van der Waals surface area (Å²) in [5.74, 6) is 0. The maximum atomic E-state index is 9.98. The quantitative estimate of drug-likeness (QED) is 0.718. The highest BCUT2D eigenvalue weighted by molar-refractivity contribution is 5.43. The van der Waals surface area contributed by atoms with Crippen molar-refractivity contribution in [2.24, 2.45) is 0 Å². The molecule has 1 aromatic carbocycles. The van der Waals surface area contributed by atoms with E-state index < -0.39 is 16.8 Å². The molecule has 0 atom stereocenters. The molecule has 1 aromatic rings. The van der Waals surface area contributed by atoms with Crippen LogP contribution in [0.5, 0.6) is 0 Å². The van der Waals surface area contributed by atoms with Crippen molar-refractivity contribution in [3.8, 4) is 0 Å². The van der Waals surface area contributed by atoms with Crippen molar-refractivity contribution >= 4 is 5.69 Å². The van der Waals surface area contributed by atoms with E-state index in [-0.39, 0.29) is 0 Å². The molecule has 4 nitrogen and oxygen atoms in total. The van der Waals surface area contributed by atoms with E-state index in [1.807, 2.05) is 38.1 Å². The van der Waals surface area contributed by atoms with Crippen molar-refractivity contribution in [3.63, 3.8) is 0 Å². The zero-order valence-electron chi connectivity index (χ0n) is 12.6. The molecule has 0 heterocycles. The third-order valence-electron chi connectivity index (χ3n) is 3.49. The monoisotopic (exact) mass is 267 g/mol. The number of benzene rings is 1. The van der Waals surface area contributed by atoms with E-state index in [9.17, 15) is 10.2 Å². The predicted molar refractivity (Wildman–Crippen MR) is 76.8 cm³/mol. The molecule has 0 spiro atoms. The van der Waals surface area contributed by atoms with Gasteiger partial charge in [-0.1, -0.05) is 12.1 Å². The number of nitrogens with one attached hydrogen (secondary N) is 1. The molecule has 0 aromatic heterocycles. The van der Waals surface area contributed by atoms with Gasteiger partial charge in [-0.25, -0.2) is 0 Å². The second kappa shape index (κ2) is 5.12. The fourth-order valence-electron chi connectivity index (χ4n) is 1.26. The van der Waals surface area contributed by atoms with Crippen molar-refractivity contribution in [3.05, 3.63) is 29.8 Å². The first-order valence-corrected chi connectivity index (χ1v) is 6.43. The first-order valence-electron chi connectivity index (χ1n) is 6.43. The fraction of sp³-hybridized carbons (Fsp3) is 0.600. The highest BCUT2D eigenvalue weighted by Crippen LogP contribution is 2.26. The molecule has 0 fully saturated rings. The van der Waals surface area contributed by atoms with Crippen molar-refractivity contribution in [1.82, 2.24) is 0 Å². The fourth-order valence-corrected chi connectivity index (χ4v) is 1.26. The molecular weight excluding hydrogens is 242 g/mol. The van der Waals surface area contributed by atoms with Crippen LogP contribution < -0.4 is 5.48 Å². The lowest BCUT2D eigenvalue weighted by molar-refractivity contribution is -0.130. The van der Waals surface area contributed by atoms with Crippen LogP contribution in [-0.2, 0) is 10.4 Å². The maximum absolute atomic E-state index is 9.98. The highest BCUT2D eigenvalue weighted by atomic mass is 16.7. The lowest BCUT2D eigenvalue weighted by Crippen LogP contribution is -2.48. The Balaban J connectivity index is 2.70. The summed E-state index contributed by atoms with van der Waals surface area (Å²) in [5, 5.41) is 19.8. The van der Waals surface area contributed by atoms with Crippen LogP contribution in [0.1, 0.15) is 47.1 Å². The van der Waals surface area contributed by atoms with Gasteiger partial charge in [0.25, 0.3) is 0 Å². The van der Waals surface area contributed by atoms with E-state index in [2.05, 4.69) is 5.48 Å². The van der Waals surface area contributed by atoms with E-state index in [4.69, 9.17) is 4.84 Å². The summed E-state index contributed by atoms with van der Waals surface area (Å²) >= 11 is 0. The van der Waals surface area contributed by atoms with Gasteiger partial charge < -0.3 is 10.2 Å². The lowest BCUT2D eigenvalue weighted by Gasteiger charge is -2.36. The van der Waals surface area contributed by atoms with Gasteiger partial charge >= 0.3 is 0 Å². The van der Waals surface area contributed by atoms with E-state index >= 15 is 0 Å². The Bertz CT molecular complexity index is 411. The molecule has 0 unspecified atom stereocenters. The standard InChI is InChI=1S/C15H25NO3/c1-13(2,17)11-7-9-12(10-8-11)16-19-15(5,6)14(3,4)18/h7-10,16-18H,1-6H3. The van der Waals surface area contributed by atoms with Gasteiger partial charge in [-0.2, -0.15) is 0 Å². The van der Waals surface area contributed by atoms with Gasteiger partial charge in [0.05, 0.1) is 16.9 Å². The molecule has 0 saturated heterocycles. The predicted octanol–water partition coefficient (Wildman–Crippen LogP) is 2.81. The Morgan fingerprint density at radius 2 is 1.37 bits per heavy atom. The second-order valence-corrected chi connectivity index (χ2v) is 6.41.